The summed E-state index contributed by atoms with van der Waals surface area (Å²) in [6.07, 6.45) is 4.04. The van der Waals surface area contributed by atoms with Crippen LogP contribution in [0, 0.1) is 6.92 Å². The zero-order valence-electron chi connectivity index (χ0n) is 20.7. The molecule has 7 heteroatoms. The number of anilines is 1. The molecule has 7 nitrogen and oxygen atoms in total. The molecule has 0 saturated heterocycles. The van der Waals surface area contributed by atoms with Crippen LogP contribution in [0.3, 0.4) is 0 Å². The monoisotopic (exact) mass is 452 g/mol. The predicted molar refractivity (Wildman–Crippen MR) is 136 cm³/mol. The summed E-state index contributed by atoms with van der Waals surface area (Å²) in [7, 11) is 5.02. The molecule has 1 aromatic carbocycles. The zero-order valence-corrected chi connectivity index (χ0v) is 20.7. The summed E-state index contributed by atoms with van der Waals surface area (Å²) < 4.78 is 12.6. The summed E-state index contributed by atoms with van der Waals surface area (Å²) in [5.74, 6) is 2.12. The molecule has 0 saturated carbocycles. The van der Waals surface area contributed by atoms with Gasteiger partial charge in [-0.05, 0) is 62.7 Å². The molecule has 0 aliphatic rings. The maximum atomic E-state index is 13.3. The van der Waals surface area contributed by atoms with Crippen molar-refractivity contribution in [1.82, 2.24) is 14.5 Å². The summed E-state index contributed by atoms with van der Waals surface area (Å²) >= 11 is 0. The fourth-order valence-electron chi connectivity index (χ4n) is 4.14. The lowest BCUT2D eigenvalue weighted by Gasteiger charge is -2.17. The van der Waals surface area contributed by atoms with Gasteiger partial charge in [0.15, 0.2) is 0 Å². The molecule has 0 aliphatic carbocycles. The third-order valence-electron chi connectivity index (χ3n) is 6.29. The molecule has 2 heterocycles. The van der Waals surface area contributed by atoms with E-state index in [0.717, 1.165) is 66.9 Å². The van der Waals surface area contributed by atoms with Crippen molar-refractivity contribution in [2.24, 2.45) is 7.05 Å². The number of nitrogens with one attached hydrogen (secondary N) is 1. The van der Waals surface area contributed by atoms with Crippen molar-refractivity contribution in [1.29, 1.82) is 0 Å². The van der Waals surface area contributed by atoms with Crippen LogP contribution in [0.25, 0.3) is 22.0 Å². The van der Waals surface area contributed by atoms with Crippen molar-refractivity contribution in [3.05, 3.63) is 46.4 Å². The molecule has 0 radical (unpaired) electrons. The molecule has 1 N–H and O–H groups in total. The lowest BCUT2D eigenvalue weighted by atomic mass is 9.99. The van der Waals surface area contributed by atoms with Gasteiger partial charge in [-0.2, -0.15) is 0 Å². The van der Waals surface area contributed by atoms with Crippen LogP contribution in [0.2, 0.25) is 0 Å². The first-order chi connectivity index (χ1) is 15.9. The number of ether oxygens (including phenoxy) is 2. The van der Waals surface area contributed by atoms with Crippen molar-refractivity contribution >= 4 is 16.7 Å². The molecule has 0 aliphatic heterocycles. The number of hydrogen-bond acceptors (Lipinski definition) is 6. The molecule has 0 fully saturated rings. The molecule has 2 aromatic heterocycles. The van der Waals surface area contributed by atoms with Gasteiger partial charge < -0.3 is 24.3 Å². The standard InChI is InChI=1S/C26H36N4O3/c1-7-30(8-2)12-10-9-11-27-25-16-23-19(17-28-25)13-22(26(31)29(23)4)21-14-20(32-5)15-24(33-6)18(21)3/h13-17H,7-12H2,1-6H3,(H,27,28). The van der Waals surface area contributed by atoms with Crippen LogP contribution >= 0.6 is 0 Å². The van der Waals surface area contributed by atoms with Crippen LogP contribution in [0.4, 0.5) is 5.82 Å². The summed E-state index contributed by atoms with van der Waals surface area (Å²) in [6, 6.07) is 7.55. The van der Waals surface area contributed by atoms with Crippen LogP contribution in [-0.2, 0) is 7.05 Å². The second-order valence-corrected chi connectivity index (χ2v) is 8.21. The second kappa shape index (κ2) is 11.2. The van der Waals surface area contributed by atoms with Crippen LogP contribution in [0.15, 0.2) is 35.3 Å². The number of aryl methyl sites for hydroxylation is 1. The molecule has 0 spiro atoms. The van der Waals surface area contributed by atoms with E-state index in [2.05, 4.69) is 29.0 Å². The molecule has 0 unspecified atom stereocenters. The summed E-state index contributed by atoms with van der Waals surface area (Å²) in [5, 5.41) is 4.30. The van der Waals surface area contributed by atoms with Crippen molar-refractivity contribution in [2.45, 2.75) is 33.6 Å². The molecule has 0 amide bonds. The van der Waals surface area contributed by atoms with Crippen molar-refractivity contribution in [3.8, 4) is 22.6 Å². The van der Waals surface area contributed by atoms with Crippen molar-refractivity contribution < 1.29 is 9.47 Å². The van der Waals surface area contributed by atoms with Crippen LogP contribution < -0.4 is 20.3 Å². The fraction of sp³-hybridized carbons (Fsp3) is 0.462. The molecular formula is C26H36N4O3. The third kappa shape index (κ3) is 5.47. The van der Waals surface area contributed by atoms with Gasteiger partial charge >= 0.3 is 0 Å². The second-order valence-electron chi connectivity index (χ2n) is 8.21. The van der Waals surface area contributed by atoms with Crippen molar-refractivity contribution in [3.63, 3.8) is 0 Å². The van der Waals surface area contributed by atoms with E-state index in [-0.39, 0.29) is 5.56 Å². The van der Waals surface area contributed by atoms with Gasteiger partial charge in [0, 0.05) is 42.9 Å². The molecule has 3 rings (SSSR count). The summed E-state index contributed by atoms with van der Waals surface area (Å²) in [5.41, 5.74) is 3.06. The summed E-state index contributed by atoms with van der Waals surface area (Å²) in [4.78, 5) is 20.3. The average Bonchev–Trinajstić information content (AvgIpc) is 2.84. The lowest BCUT2D eigenvalue weighted by molar-refractivity contribution is 0.298. The molecular weight excluding hydrogens is 416 g/mol. The van der Waals surface area contributed by atoms with Gasteiger partial charge in [-0.25, -0.2) is 4.98 Å². The van der Waals surface area contributed by atoms with Gasteiger partial charge in [0.1, 0.15) is 17.3 Å². The number of hydrogen-bond donors (Lipinski definition) is 1. The maximum Gasteiger partial charge on any atom is 0.258 e. The topological polar surface area (TPSA) is 68.6 Å². The Morgan fingerprint density at radius 1 is 1.03 bits per heavy atom. The van der Waals surface area contributed by atoms with Gasteiger partial charge in [0.05, 0.1) is 19.7 Å². The molecule has 0 atom stereocenters. The van der Waals surface area contributed by atoms with E-state index in [1.165, 1.54) is 0 Å². The van der Waals surface area contributed by atoms with E-state index in [1.54, 1.807) is 25.8 Å². The Hall–Kier alpha value is -3.06. The quantitative estimate of drug-likeness (QED) is 0.433. The minimum absolute atomic E-state index is 0.0720. The number of nitrogens with zero attached hydrogens (tertiary/aromatic N) is 3. The van der Waals surface area contributed by atoms with Crippen LogP contribution in [0.5, 0.6) is 11.5 Å². The third-order valence-corrected chi connectivity index (χ3v) is 6.29. The first-order valence-corrected chi connectivity index (χ1v) is 11.6. The van der Waals surface area contributed by atoms with Gasteiger partial charge in [0.2, 0.25) is 0 Å². The van der Waals surface area contributed by atoms with Gasteiger partial charge in [-0.1, -0.05) is 13.8 Å². The van der Waals surface area contributed by atoms with Crippen LogP contribution in [-0.4, -0.2) is 54.8 Å². The SMILES string of the molecule is CCN(CC)CCCCNc1cc2c(cn1)cc(-c1cc(OC)cc(OC)c1C)c(=O)n2C. The van der Waals surface area contributed by atoms with E-state index >= 15 is 0 Å². The molecule has 0 bridgehead atoms. The predicted octanol–water partition coefficient (Wildman–Crippen LogP) is 4.46. The van der Waals surface area contributed by atoms with Gasteiger partial charge in [-0.15, -0.1) is 0 Å². The number of fused-ring (bicyclic) bond motifs is 1. The number of benzene rings is 1. The van der Waals surface area contributed by atoms with E-state index in [4.69, 9.17) is 9.47 Å². The largest absolute Gasteiger partial charge is 0.497 e. The normalized spacial score (nSPS) is 11.2. The Morgan fingerprint density at radius 2 is 1.79 bits per heavy atom. The van der Waals surface area contributed by atoms with Crippen LogP contribution in [0.1, 0.15) is 32.3 Å². The highest BCUT2D eigenvalue weighted by Crippen LogP contribution is 2.34. The van der Waals surface area contributed by atoms with E-state index in [1.807, 2.05) is 37.4 Å². The minimum Gasteiger partial charge on any atom is -0.497 e. The van der Waals surface area contributed by atoms with E-state index in [9.17, 15) is 4.79 Å². The first kappa shape index (κ1) is 24.6. The average molecular weight is 453 g/mol. The van der Waals surface area contributed by atoms with Gasteiger partial charge in [0.25, 0.3) is 5.56 Å². The minimum atomic E-state index is -0.0720. The molecule has 3 aromatic rings. The Labute approximate surface area is 196 Å². The lowest BCUT2D eigenvalue weighted by Crippen LogP contribution is -2.24. The maximum absolute atomic E-state index is 13.3. The Kier molecular flexibility index (Phi) is 8.33. The number of rotatable bonds is 11. The molecule has 33 heavy (non-hydrogen) atoms. The van der Waals surface area contributed by atoms with E-state index < -0.39 is 0 Å². The van der Waals surface area contributed by atoms with Crippen molar-refractivity contribution in [2.75, 3.05) is 45.7 Å². The fourth-order valence-corrected chi connectivity index (χ4v) is 4.14. The number of methoxy groups -OCH3 is 2. The highest BCUT2D eigenvalue weighted by Gasteiger charge is 2.16. The highest BCUT2D eigenvalue weighted by atomic mass is 16.5. The smallest absolute Gasteiger partial charge is 0.258 e. The first-order valence-electron chi connectivity index (χ1n) is 11.6. The van der Waals surface area contributed by atoms with E-state index in [0.29, 0.717) is 17.1 Å². The van der Waals surface area contributed by atoms with Gasteiger partial charge in [-0.3, -0.25) is 4.79 Å². The number of pyridine rings is 2. The highest BCUT2D eigenvalue weighted by molar-refractivity contribution is 5.86. The zero-order chi connectivity index (χ0) is 24.0. The summed E-state index contributed by atoms with van der Waals surface area (Å²) in [6.45, 7) is 10.5. The Morgan fingerprint density at radius 3 is 2.45 bits per heavy atom. The Bertz CT molecular complexity index is 1150. The molecule has 178 valence electrons. The number of unbranched alkanes of at least 4 members (excludes halogenated alkanes) is 1. The Balaban J connectivity index is 1.85. The number of aromatic nitrogens is 2.